The van der Waals surface area contributed by atoms with Crippen LogP contribution in [0.3, 0.4) is 0 Å². The highest BCUT2D eigenvalue weighted by molar-refractivity contribution is 6.01. The van der Waals surface area contributed by atoms with Gasteiger partial charge in [-0.05, 0) is 25.5 Å². The van der Waals surface area contributed by atoms with Crippen molar-refractivity contribution in [2.24, 2.45) is 0 Å². The molecule has 1 rings (SSSR count). The summed E-state index contributed by atoms with van der Waals surface area (Å²) in [5.74, 6) is -0.630. The molecule has 0 radical (unpaired) electrons. The predicted molar refractivity (Wildman–Crippen MR) is 61.4 cm³/mol. The van der Waals surface area contributed by atoms with Gasteiger partial charge in [0.2, 0.25) is 5.91 Å². The molecule has 1 amide bonds. The van der Waals surface area contributed by atoms with Gasteiger partial charge in [-0.1, -0.05) is 12.1 Å². The first kappa shape index (κ1) is 12.2. The van der Waals surface area contributed by atoms with E-state index in [0.717, 1.165) is 5.56 Å². The molecular formula is C12H15NO3. The molecule has 0 unspecified atom stereocenters. The zero-order chi connectivity index (χ0) is 12.1. The van der Waals surface area contributed by atoms with Crippen molar-refractivity contribution >= 4 is 17.6 Å². The van der Waals surface area contributed by atoms with Crippen LogP contribution in [0.5, 0.6) is 0 Å². The van der Waals surface area contributed by atoms with Gasteiger partial charge in [0.25, 0.3) is 0 Å². The highest BCUT2D eigenvalue weighted by Crippen LogP contribution is 2.21. The number of carbonyl (C=O) groups is 2. The maximum absolute atomic E-state index is 11.6. The van der Waals surface area contributed by atoms with Gasteiger partial charge in [0, 0.05) is 6.92 Å². The third-order valence-electron chi connectivity index (χ3n) is 2.07. The number of carbonyl (C=O) groups excluding carboxylic acids is 2. The Morgan fingerprint density at radius 1 is 1.38 bits per heavy atom. The predicted octanol–water partition coefficient (Wildman–Crippen LogP) is 2.13. The van der Waals surface area contributed by atoms with Gasteiger partial charge < -0.3 is 10.1 Å². The zero-order valence-electron chi connectivity index (χ0n) is 9.66. The largest absolute Gasteiger partial charge is 0.462 e. The van der Waals surface area contributed by atoms with Crippen LogP contribution in [0.2, 0.25) is 0 Å². The van der Waals surface area contributed by atoms with Crippen LogP contribution < -0.4 is 5.32 Å². The van der Waals surface area contributed by atoms with Gasteiger partial charge in [-0.25, -0.2) is 4.79 Å². The Morgan fingerprint density at radius 3 is 2.62 bits per heavy atom. The lowest BCUT2D eigenvalue weighted by Crippen LogP contribution is -2.14. The summed E-state index contributed by atoms with van der Waals surface area (Å²) >= 11 is 0. The number of rotatable bonds is 3. The number of ether oxygens (including phenoxy) is 1. The number of hydrogen-bond acceptors (Lipinski definition) is 3. The van der Waals surface area contributed by atoms with E-state index in [0.29, 0.717) is 17.9 Å². The van der Waals surface area contributed by atoms with Gasteiger partial charge in [-0.3, -0.25) is 4.79 Å². The van der Waals surface area contributed by atoms with Crippen LogP contribution in [0, 0.1) is 6.92 Å². The van der Waals surface area contributed by atoms with E-state index in [4.69, 9.17) is 4.74 Å². The number of aryl methyl sites for hydroxylation is 1. The molecule has 1 N–H and O–H groups in total. The maximum Gasteiger partial charge on any atom is 0.340 e. The Labute approximate surface area is 94.6 Å². The average molecular weight is 221 g/mol. The van der Waals surface area contributed by atoms with Gasteiger partial charge in [-0.2, -0.15) is 0 Å². The molecule has 86 valence electrons. The molecule has 4 heteroatoms. The van der Waals surface area contributed by atoms with Gasteiger partial charge >= 0.3 is 5.97 Å². The lowest BCUT2D eigenvalue weighted by molar-refractivity contribution is -0.114. The highest BCUT2D eigenvalue weighted by Gasteiger charge is 2.14. The fourth-order valence-corrected chi connectivity index (χ4v) is 1.39. The van der Waals surface area contributed by atoms with Crippen molar-refractivity contribution in [3.8, 4) is 0 Å². The Balaban J connectivity index is 3.11. The summed E-state index contributed by atoms with van der Waals surface area (Å²) in [7, 11) is 0. The van der Waals surface area contributed by atoms with Gasteiger partial charge in [0.1, 0.15) is 0 Å². The quantitative estimate of drug-likeness (QED) is 0.795. The first-order valence-corrected chi connectivity index (χ1v) is 5.10. The molecule has 0 saturated heterocycles. The Morgan fingerprint density at radius 2 is 2.06 bits per heavy atom. The third kappa shape index (κ3) is 2.82. The number of hydrogen-bond donors (Lipinski definition) is 1. The number of nitrogens with one attached hydrogen (secondary N) is 1. The number of esters is 1. The average Bonchev–Trinajstić information content (AvgIpc) is 2.20. The lowest BCUT2D eigenvalue weighted by Gasteiger charge is -2.11. The van der Waals surface area contributed by atoms with E-state index < -0.39 is 5.97 Å². The summed E-state index contributed by atoms with van der Waals surface area (Å²) in [5, 5.41) is 2.64. The second-order valence-electron chi connectivity index (χ2n) is 3.40. The summed E-state index contributed by atoms with van der Waals surface area (Å²) < 4.78 is 4.91. The topological polar surface area (TPSA) is 55.4 Å². The second kappa shape index (κ2) is 5.30. The van der Waals surface area contributed by atoms with E-state index in [2.05, 4.69) is 5.32 Å². The van der Waals surface area contributed by atoms with E-state index in [-0.39, 0.29) is 5.91 Å². The van der Waals surface area contributed by atoms with Crippen LogP contribution in [0.15, 0.2) is 18.2 Å². The molecule has 1 aromatic carbocycles. The Bertz CT molecular complexity index is 413. The standard InChI is InChI=1S/C12H15NO3/c1-4-16-12(15)10-7-5-6-8(2)11(10)13-9(3)14/h5-7H,4H2,1-3H3,(H,13,14). The molecule has 4 nitrogen and oxygen atoms in total. The van der Waals surface area contributed by atoms with E-state index in [1.165, 1.54) is 6.92 Å². The van der Waals surface area contributed by atoms with Crippen molar-refractivity contribution in [3.05, 3.63) is 29.3 Å². The summed E-state index contributed by atoms with van der Waals surface area (Å²) in [6.45, 7) is 5.29. The number of amides is 1. The molecule has 0 aromatic heterocycles. The number of benzene rings is 1. The first-order chi connectivity index (χ1) is 7.56. The van der Waals surface area contributed by atoms with Crippen molar-refractivity contribution in [1.82, 2.24) is 0 Å². The molecule has 0 atom stereocenters. The fourth-order valence-electron chi connectivity index (χ4n) is 1.39. The molecule has 0 aliphatic rings. The Hall–Kier alpha value is -1.84. The van der Waals surface area contributed by atoms with Gasteiger partial charge in [0.05, 0.1) is 17.9 Å². The second-order valence-corrected chi connectivity index (χ2v) is 3.40. The van der Waals surface area contributed by atoms with Crippen molar-refractivity contribution in [3.63, 3.8) is 0 Å². The van der Waals surface area contributed by atoms with Crippen LogP contribution in [0.25, 0.3) is 0 Å². The fraction of sp³-hybridized carbons (Fsp3) is 0.333. The van der Waals surface area contributed by atoms with Crippen LogP contribution in [0.4, 0.5) is 5.69 Å². The van der Waals surface area contributed by atoms with Crippen molar-refractivity contribution in [2.45, 2.75) is 20.8 Å². The molecule has 0 aliphatic heterocycles. The SMILES string of the molecule is CCOC(=O)c1cccc(C)c1NC(C)=O. The minimum absolute atomic E-state index is 0.208. The maximum atomic E-state index is 11.6. The lowest BCUT2D eigenvalue weighted by atomic mass is 10.1. The summed E-state index contributed by atoms with van der Waals surface area (Å²) in [4.78, 5) is 22.7. The van der Waals surface area contributed by atoms with Crippen molar-refractivity contribution < 1.29 is 14.3 Å². The summed E-state index contributed by atoms with van der Waals surface area (Å²) in [6, 6.07) is 5.22. The van der Waals surface area contributed by atoms with Crippen LogP contribution in [-0.2, 0) is 9.53 Å². The van der Waals surface area contributed by atoms with E-state index in [1.54, 1.807) is 19.1 Å². The van der Waals surface area contributed by atoms with Gasteiger partial charge in [0.15, 0.2) is 0 Å². The first-order valence-electron chi connectivity index (χ1n) is 5.10. The van der Waals surface area contributed by atoms with E-state index in [9.17, 15) is 9.59 Å². The monoisotopic (exact) mass is 221 g/mol. The van der Waals surface area contributed by atoms with Gasteiger partial charge in [-0.15, -0.1) is 0 Å². The number of anilines is 1. The molecule has 0 aliphatic carbocycles. The number of para-hydroxylation sites is 1. The van der Waals surface area contributed by atoms with Crippen LogP contribution in [-0.4, -0.2) is 18.5 Å². The molecule has 0 fully saturated rings. The van der Waals surface area contributed by atoms with Crippen molar-refractivity contribution in [2.75, 3.05) is 11.9 Å². The normalized spacial score (nSPS) is 9.69. The minimum atomic E-state index is -0.421. The molecule has 16 heavy (non-hydrogen) atoms. The Kier molecular flexibility index (Phi) is 4.05. The molecule has 0 bridgehead atoms. The zero-order valence-corrected chi connectivity index (χ0v) is 9.66. The van der Waals surface area contributed by atoms with Crippen molar-refractivity contribution in [1.29, 1.82) is 0 Å². The minimum Gasteiger partial charge on any atom is -0.462 e. The molecule has 0 saturated carbocycles. The van der Waals surface area contributed by atoms with E-state index in [1.807, 2.05) is 13.0 Å². The highest BCUT2D eigenvalue weighted by atomic mass is 16.5. The summed E-state index contributed by atoms with van der Waals surface area (Å²) in [5.41, 5.74) is 1.74. The smallest absolute Gasteiger partial charge is 0.340 e. The molecular weight excluding hydrogens is 206 g/mol. The van der Waals surface area contributed by atoms with Crippen LogP contribution in [0.1, 0.15) is 29.8 Å². The molecule has 0 heterocycles. The summed E-state index contributed by atoms with van der Waals surface area (Å²) in [6.07, 6.45) is 0. The molecule has 1 aromatic rings. The van der Waals surface area contributed by atoms with Crippen LogP contribution >= 0.6 is 0 Å². The molecule has 0 spiro atoms. The third-order valence-corrected chi connectivity index (χ3v) is 2.07. The van der Waals surface area contributed by atoms with E-state index >= 15 is 0 Å².